The molecule has 5 aromatic carbocycles. The maximum absolute atomic E-state index is 2.81. The van der Waals surface area contributed by atoms with Crippen molar-refractivity contribution in [3.63, 3.8) is 0 Å². The number of nitrogens with zero attached hydrogens (tertiary/aromatic N) is 2. The second kappa shape index (κ2) is 12.7. The first-order chi connectivity index (χ1) is 27.6. The largest absolute Gasteiger partial charge is 0.311 e. The first-order valence-corrected chi connectivity index (χ1v) is 23.0. The van der Waals surface area contributed by atoms with E-state index in [1.165, 1.54) is 83.9 Å². The highest BCUT2D eigenvalue weighted by Crippen LogP contribution is 2.59. The van der Waals surface area contributed by atoms with E-state index in [1.54, 1.807) is 5.56 Å². The van der Waals surface area contributed by atoms with E-state index in [0.29, 0.717) is 0 Å². The number of fused-ring (bicyclic) bond motifs is 8. The summed E-state index contributed by atoms with van der Waals surface area (Å²) < 4.78 is 0. The summed E-state index contributed by atoms with van der Waals surface area (Å²) in [6.45, 7) is 41.2. The molecule has 9 rings (SSSR count). The average molecular weight is 795 g/mol. The van der Waals surface area contributed by atoms with Crippen LogP contribution in [-0.4, -0.2) is 6.71 Å². The number of hydrogen-bond donors (Lipinski definition) is 0. The molecule has 0 unspecified atom stereocenters. The van der Waals surface area contributed by atoms with Crippen molar-refractivity contribution < 1.29 is 0 Å². The van der Waals surface area contributed by atoms with E-state index in [9.17, 15) is 0 Å². The fourth-order valence-corrected chi connectivity index (χ4v) is 12.0. The summed E-state index contributed by atoms with van der Waals surface area (Å²) in [5, 5.41) is 0. The van der Waals surface area contributed by atoms with Gasteiger partial charge in [0.1, 0.15) is 0 Å². The van der Waals surface area contributed by atoms with Crippen LogP contribution in [0.25, 0.3) is 0 Å². The van der Waals surface area contributed by atoms with Crippen LogP contribution in [0, 0.1) is 0 Å². The first kappa shape index (κ1) is 41.1. The molecule has 0 radical (unpaired) electrons. The van der Waals surface area contributed by atoms with Gasteiger partial charge in [-0.2, -0.15) is 0 Å². The van der Waals surface area contributed by atoms with E-state index < -0.39 is 0 Å². The van der Waals surface area contributed by atoms with Gasteiger partial charge in [0.2, 0.25) is 0 Å². The van der Waals surface area contributed by atoms with Gasteiger partial charge in [-0.15, -0.1) is 0 Å². The molecule has 0 bridgehead atoms. The highest BCUT2D eigenvalue weighted by molar-refractivity contribution is 7.00. The van der Waals surface area contributed by atoms with E-state index in [2.05, 4.69) is 212 Å². The average Bonchev–Trinajstić information content (AvgIpc) is 3.34. The molecule has 2 aliphatic heterocycles. The molecule has 60 heavy (non-hydrogen) atoms. The number of anilines is 6. The van der Waals surface area contributed by atoms with Crippen LogP contribution >= 0.6 is 0 Å². The van der Waals surface area contributed by atoms with Crippen LogP contribution in [-0.2, 0) is 37.9 Å². The Bertz CT molecular complexity index is 2560. The summed E-state index contributed by atoms with van der Waals surface area (Å²) in [6, 6.07) is 34.4. The van der Waals surface area contributed by atoms with Gasteiger partial charge < -0.3 is 9.80 Å². The predicted molar refractivity (Wildman–Crippen MR) is 263 cm³/mol. The Morgan fingerprint density at radius 1 is 0.433 bits per heavy atom. The van der Waals surface area contributed by atoms with Gasteiger partial charge in [0, 0.05) is 34.1 Å². The molecule has 5 aromatic rings. The molecule has 0 saturated heterocycles. The molecule has 0 fully saturated rings. The molecule has 0 spiro atoms. The van der Waals surface area contributed by atoms with Gasteiger partial charge in [-0.1, -0.05) is 166 Å². The molecule has 0 atom stereocenters. The summed E-state index contributed by atoms with van der Waals surface area (Å²) in [4.78, 5) is 5.45. The molecule has 0 amide bonds. The maximum atomic E-state index is 2.81. The minimum absolute atomic E-state index is 0.00146. The summed E-state index contributed by atoms with van der Waals surface area (Å²) >= 11 is 0. The van der Waals surface area contributed by atoms with Crippen molar-refractivity contribution in [2.24, 2.45) is 0 Å². The van der Waals surface area contributed by atoms with E-state index >= 15 is 0 Å². The van der Waals surface area contributed by atoms with Gasteiger partial charge >= 0.3 is 0 Å². The van der Waals surface area contributed by atoms with Crippen LogP contribution in [0.1, 0.15) is 176 Å². The topological polar surface area (TPSA) is 6.48 Å². The van der Waals surface area contributed by atoms with Crippen LogP contribution in [0.3, 0.4) is 0 Å². The Labute approximate surface area is 364 Å². The smallest absolute Gasteiger partial charge is 0.252 e. The summed E-state index contributed by atoms with van der Waals surface area (Å²) in [6.07, 6.45) is 3.44. The van der Waals surface area contributed by atoms with Crippen LogP contribution < -0.4 is 26.2 Å². The zero-order valence-corrected chi connectivity index (χ0v) is 40.2. The van der Waals surface area contributed by atoms with Gasteiger partial charge in [-0.3, -0.25) is 0 Å². The van der Waals surface area contributed by atoms with Gasteiger partial charge in [-0.05, 0) is 149 Å². The Hall–Kier alpha value is -4.24. The number of benzene rings is 5. The van der Waals surface area contributed by atoms with Crippen molar-refractivity contribution in [1.82, 2.24) is 0 Å². The molecule has 0 N–H and O–H groups in total. The second-order valence-electron chi connectivity index (χ2n) is 24.9. The highest BCUT2D eigenvalue weighted by atomic mass is 15.2. The predicted octanol–water partition coefficient (Wildman–Crippen LogP) is 14.0. The lowest BCUT2D eigenvalue weighted by Gasteiger charge is -2.51. The SMILES string of the molecule is CC(C)(C)c1ccc(N2c3ccc(C(C)(C)C)cc3B3c4ccc5c(c4N(c4ccc(C(C)(C)C)cc4)c4c3c2cc2c4C(C)(C)CCC2(C)C)C(C)(C)CC5(C)C)cc1. The maximum Gasteiger partial charge on any atom is 0.252 e. The first-order valence-electron chi connectivity index (χ1n) is 23.0. The molecule has 3 heteroatoms. The second-order valence-corrected chi connectivity index (χ2v) is 24.9. The van der Waals surface area contributed by atoms with Gasteiger partial charge in [0.05, 0.1) is 0 Å². The highest BCUT2D eigenvalue weighted by Gasteiger charge is 2.53. The molecule has 4 aliphatic rings. The van der Waals surface area contributed by atoms with E-state index in [1.807, 2.05) is 0 Å². The van der Waals surface area contributed by atoms with Crippen LogP contribution in [0.4, 0.5) is 34.1 Å². The van der Waals surface area contributed by atoms with Gasteiger partial charge in [-0.25, -0.2) is 0 Å². The quantitative estimate of drug-likeness (QED) is 0.161. The lowest BCUT2D eigenvalue weighted by atomic mass is 9.32. The summed E-state index contributed by atoms with van der Waals surface area (Å²) in [7, 11) is 0. The van der Waals surface area contributed by atoms with Crippen molar-refractivity contribution in [2.75, 3.05) is 9.80 Å². The molecule has 0 saturated carbocycles. The molecule has 2 nitrogen and oxygen atoms in total. The zero-order valence-electron chi connectivity index (χ0n) is 40.2. The third-order valence-corrected chi connectivity index (χ3v) is 15.3. The lowest BCUT2D eigenvalue weighted by molar-refractivity contribution is 0.333. The van der Waals surface area contributed by atoms with Crippen molar-refractivity contribution in [1.29, 1.82) is 0 Å². The van der Waals surface area contributed by atoms with Crippen molar-refractivity contribution >= 4 is 57.2 Å². The Morgan fingerprint density at radius 2 is 0.933 bits per heavy atom. The molecular weight excluding hydrogens is 723 g/mol. The van der Waals surface area contributed by atoms with E-state index in [4.69, 9.17) is 0 Å². The molecule has 0 aromatic heterocycles. The standard InChI is InChI=1S/C57H71BN2/c1-51(2,3)35-18-23-38(24-19-35)59-44-29-22-37(53(7,8)9)32-43(44)58-42-28-27-40-46(57(16,17)34-56(40,14)15)49(42)60(39-25-20-36(21-26-39)52(4,5)6)50-47-41(33-45(59)48(50)58)54(10,11)30-31-55(47,12)13/h18-29,32-33H,30-31,34H2,1-17H3. The van der Waals surface area contributed by atoms with Crippen molar-refractivity contribution in [3.05, 3.63) is 124 Å². The monoisotopic (exact) mass is 795 g/mol. The fourth-order valence-electron chi connectivity index (χ4n) is 12.0. The molecular formula is C57H71BN2. The van der Waals surface area contributed by atoms with Crippen molar-refractivity contribution in [2.45, 2.75) is 175 Å². The Balaban J connectivity index is 1.49. The Kier molecular flexibility index (Phi) is 8.69. The van der Waals surface area contributed by atoms with E-state index in [0.717, 1.165) is 19.3 Å². The van der Waals surface area contributed by atoms with Gasteiger partial charge in [0.15, 0.2) is 0 Å². The number of hydrogen-bond acceptors (Lipinski definition) is 2. The van der Waals surface area contributed by atoms with E-state index in [-0.39, 0.29) is 44.6 Å². The van der Waals surface area contributed by atoms with Crippen LogP contribution in [0.15, 0.2) is 84.9 Å². The molecule has 2 heterocycles. The fraction of sp³-hybridized carbons (Fsp3) is 0.474. The normalized spacial score (nSPS) is 19.3. The summed E-state index contributed by atoms with van der Waals surface area (Å²) in [5.74, 6) is 0. The third kappa shape index (κ3) is 6.09. The zero-order chi connectivity index (χ0) is 43.5. The van der Waals surface area contributed by atoms with Gasteiger partial charge in [0.25, 0.3) is 6.71 Å². The molecule has 312 valence electrons. The Morgan fingerprint density at radius 3 is 1.48 bits per heavy atom. The third-order valence-electron chi connectivity index (χ3n) is 15.3. The van der Waals surface area contributed by atoms with Crippen LogP contribution in [0.5, 0.6) is 0 Å². The minimum Gasteiger partial charge on any atom is -0.311 e. The molecule has 2 aliphatic carbocycles. The van der Waals surface area contributed by atoms with Crippen molar-refractivity contribution in [3.8, 4) is 0 Å². The van der Waals surface area contributed by atoms with Crippen LogP contribution in [0.2, 0.25) is 0 Å². The summed E-state index contributed by atoms with van der Waals surface area (Å²) in [5.41, 5.74) is 22.7. The lowest BCUT2D eigenvalue weighted by Crippen LogP contribution is -2.63. The number of rotatable bonds is 2. The minimum atomic E-state index is -0.0274.